The highest BCUT2D eigenvalue weighted by molar-refractivity contribution is 5.95. The summed E-state index contributed by atoms with van der Waals surface area (Å²) in [6, 6.07) is 17.8. The summed E-state index contributed by atoms with van der Waals surface area (Å²) in [4.78, 5) is 36.2. The molecule has 37 heavy (non-hydrogen) atoms. The quantitative estimate of drug-likeness (QED) is 0.423. The lowest BCUT2D eigenvalue weighted by atomic mass is 9.75. The van der Waals surface area contributed by atoms with Crippen molar-refractivity contribution in [2.75, 3.05) is 13.2 Å². The standard InChI is InChI=1S/C30H37N3O4/c1-21(2)33(16-17-34)29(36)26-27(37-20-23-11-5-4-6-12-23)28(35)32-25(31-26)19-30(14-7-8-15-30)24-13-9-10-22(3)18-24/h4-6,9-13,18,21,34H,7-8,14-17,19-20H2,1-3H3,(H,31,32,35). The van der Waals surface area contributed by atoms with Gasteiger partial charge in [0.25, 0.3) is 11.5 Å². The van der Waals surface area contributed by atoms with Crippen molar-refractivity contribution in [1.29, 1.82) is 0 Å². The number of ether oxygens (including phenoxy) is 1. The molecule has 0 spiro atoms. The minimum absolute atomic E-state index is 0.00535. The number of amides is 1. The Hall–Kier alpha value is -3.45. The number of nitrogens with one attached hydrogen (secondary N) is 1. The lowest BCUT2D eigenvalue weighted by molar-refractivity contribution is 0.0652. The Labute approximate surface area is 218 Å². The Morgan fingerprint density at radius 2 is 1.86 bits per heavy atom. The minimum atomic E-state index is -0.464. The van der Waals surface area contributed by atoms with E-state index in [1.54, 1.807) is 0 Å². The molecule has 1 aliphatic carbocycles. The van der Waals surface area contributed by atoms with Gasteiger partial charge in [0, 0.05) is 24.4 Å². The van der Waals surface area contributed by atoms with Gasteiger partial charge in [-0.1, -0.05) is 73.0 Å². The van der Waals surface area contributed by atoms with Crippen molar-refractivity contribution >= 4 is 5.91 Å². The maximum Gasteiger partial charge on any atom is 0.294 e. The van der Waals surface area contributed by atoms with Crippen LogP contribution < -0.4 is 10.3 Å². The number of aromatic amines is 1. The Morgan fingerprint density at radius 1 is 1.14 bits per heavy atom. The van der Waals surface area contributed by atoms with Gasteiger partial charge in [0.1, 0.15) is 12.4 Å². The van der Waals surface area contributed by atoms with E-state index in [0.717, 1.165) is 31.2 Å². The number of carbonyl (C=O) groups is 1. The molecule has 7 nitrogen and oxygen atoms in total. The van der Waals surface area contributed by atoms with Crippen LogP contribution in [-0.4, -0.2) is 45.1 Å². The summed E-state index contributed by atoms with van der Waals surface area (Å²) in [6.45, 7) is 5.93. The molecule has 1 amide bonds. The third kappa shape index (κ3) is 6.10. The predicted molar refractivity (Wildman–Crippen MR) is 144 cm³/mol. The first-order valence-corrected chi connectivity index (χ1v) is 13.1. The summed E-state index contributed by atoms with van der Waals surface area (Å²) in [5, 5.41) is 9.57. The Kier molecular flexibility index (Phi) is 8.44. The fourth-order valence-corrected chi connectivity index (χ4v) is 5.35. The maximum absolute atomic E-state index is 13.7. The molecule has 0 radical (unpaired) electrons. The maximum atomic E-state index is 13.7. The lowest BCUT2D eigenvalue weighted by Crippen LogP contribution is -2.40. The molecule has 4 rings (SSSR count). The van der Waals surface area contributed by atoms with E-state index in [9.17, 15) is 14.7 Å². The molecule has 0 saturated heterocycles. The number of hydrogen-bond acceptors (Lipinski definition) is 5. The zero-order chi connectivity index (χ0) is 26.4. The minimum Gasteiger partial charge on any atom is -0.481 e. The second-order valence-electron chi connectivity index (χ2n) is 10.3. The van der Waals surface area contributed by atoms with Gasteiger partial charge >= 0.3 is 0 Å². The first-order chi connectivity index (χ1) is 17.8. The zero-order valence-electron chi connectivity index (χ0n) is 22.0. The van der Waals surface area contributed by atoms with Gasteiger partial charge < -0.3 is 19.7 Å². The van der Waals surface area contributed by atoms with E-state index in [-0.39, 0.29) is 42.7 Å². The van der Waals surface area contributed by atoms with Crippen molar-refractivity contribution in [2.45, 2.75) is 70.9 Å². The number of carbonyl (C=O) groups excluding carboxylic acids is 1. The van der Waals surface area contributed by atoms with Crippen molar-refractivity contribution < 1.29 is 14.6 Å². The number of H-pyrrole nitrogens is 1. The molecule has 1 aliphatic rings. The third-order valence-electron chi connectivity index (χ3n) is 7.28. The molecule has 0 aliphatic heterocycles. The summed E-state index contributed by atoms with van der Waals surface area (Å²) in [5.41, 5.74) is 2.71. The number of aliphatic hydroxyl groups is 1. The number of rotatable bonds is 10. The van der Waals surface area contributed by atoms with Crippen molar-refractivity contribution in [1.82, 2.24) is 14.9 Å². The molecule has 2 N–H and O–H groups in total. The summed E-state index contributed by atoms with van der Waals surface area (Å²) in [7, 11) is 0. The molecule has 1 fully saturated rings. The molecule has 0 unspecified atom stereocenters. The van der Waals surface area contributed by atoms with Crippen LogP contribution in [0.25, 0.3) is 0 Å². The molecule has 1 saturated carbocycles. The molecular formula is C30H37N3O4. The van der Waals surface area contributed by atoms with E-state index in [2.05, 4.69) is 36.2 Å². The van der Waals surface area contributed by atoms with Gasteiger partial charge in [-0.25, -0.2) is 4.98 Å². The zero-order valence-corrected chi connectivity index (χ0v) is 22.0. The highest BCUT2D eigenvalue weighted by atomic mass is 16.5. The molecule has 7 heteroatoms. The van der Waals surface area contributed by atoms with Gasteiger partial charge in [0.05, 0.1) is 6.61 Å². The largest absolute Gasteiger partial charge is 0.481 e. The average Bonchev–Trinajstić information content (AvgIpc) is 3.36. The Balaban J connectivity index is 1.74. The summed E-state index contributed by atoms with van der Waals surface area (Å²) >= 11 is 0. The van der Waals surface area contributed by atoms with Crippen LogP contribution in [0.4, 0.5) is 0 Å². The number of aryl methyl sites for hydroxylation is 1. The van der Waals surface area contributed by atoms with Crippen LogP contribution in [0.5, 0.6) is 5.75 Å². The van der Waals surface area contributed by atoms with Crippen molar-refractivity contribution in [2.24, 2.45) is 0 Å². The number of hydrogen-bond donors (Lipinski definition) is 2. The normalized spacial score (nSPS) is 14.6. The van der Waals surface area contributed by atoms with Gasteiger partial charge in [-0.3, -0.25) is 9.59 Å². The van der Waals surface area contributed by atoms with Crippen molar-refractivity contribution in [3.63, 3.8) is 0 Å². The molecule has 2 aromatic carbocycles. The first-order valence-electron chi connectivity index (χ1n) is 13.1. The molecule has 0 atom stereocenters. The summed E-state index contributed by atoms with van der Waals surface area (Å²) < 4.78 is 5.92. The van der Waals surface area contributed by atoms with Crippen LogP contribution in [0.1, 0.15) is 72.5 Å². The van der Waals surface area contributed by atoms with E-state index < -0.39 is 11.5 Å². The average molecular weight is 504 g/mol. The van der Waals surface area contributed by atoms with Crippen LogP contribution in [0.15, 0.2) is 59.4 Å². The van der Waals surface area contributed by atoms with Gasteiger partial charge in [-0.2, -0.15) is 0 Å². The Morgan fingerprint density at radius 3 is 2.51 bits per heavy atom. The van der Waals surface area contributed by atoms with E-state index in [1.807, 2.05) is 44.2 Å². The summed E-state index contributed by atoms with van der Waals surface area (Å²) in [5.74, 6) is -0.0239. The van der Waals surface area contributed by atoms with E-state index in [1.165, 1.54) is 16.0 Å². The number of benzene rings is 2. The molecule has 1 aromatic heterocycles. The van der Waals surface area contributed by atoms with E-state index in [4.69, 9.17) is 9.72 Å². The van der Waals surface area contributed by atoms with E-state index >= 15 is 0 Å². The van der Waals surface area contributed by atoms with Crippen LogP contribution in [0.2, 0.25) is 0 Å². The molecule has 196 valence electrons. The fourth-order valence-electron chi connectivity index (χ4n) is 5.35. The number of nitrogens with zero attached hydrogens (tertiary/aromatic N) is 2. The van der Waals surface area contributed by atoms with Gasteiger partial charge in [0.15, 0.2) is 5.69 Å². The van der Waals surface area contributed by atoms with E-state index in [0.29, 0.717) is 12.2 Å². The Bertz CT molecular complexity index is 1260. The van der Waals surface area contributed by atoms with Crippen molar-refractivity contribution in [3.8, 4) is 5.75 Å². The topological polar surface area (TPSA) is 95.5 Å². The first kappa shape index (κ1) is 26.6. The monoisotopic (exact) mass is 503 g/mol. The molecule has 1 heterocycles. The fraction of sp³-hybridized carbons (Fsp3) is 0.433. The molecule has 3 aromatic rings. The molecule has 0 bridgehead atoms. The number of aromatic nitrogens is 2. The highest BCUT2D eigenvalue weighted by Crippen LogP contribution is 2.43. The van der Waals surface area contributed by atoms with Crippen LogP contribution in [-0.2, 0) is 18.4 Å². The highest BCUT2D eigenvalue weighted by Gasteiger charge is 2.37. The second kappa shape index (κ2) is 11.7. The van der Waals surface area contributed by atoms with Gasteiger partial charge in [-0.15, -0.1) is 0 Å². The SMILES string of the molecule is Cc1cccc(C2(Cc3nc(C(=O)N(CCO)C(C)C)c(OCc4ccccc4)c(=O)[nH]3)CCCC2)c1. The molecular weight excluding hydrogens is 466 g/mol. The van der Waals surface area contributed by atoms with Crippen LogP contribution in [0.3, 0.4) is 0 Å². The van der Waals surface area contributed by atoms with Gasteiger partial charge in [-0.05, 0) is 44.7 Å². The summed E-state index contributed by atoms with van der Waals surface area (Å²) in [6.07, 6.45) is 4.75. The lowest BCUT2D eigenvalue weighted by Gasteiger charge is -2.30. The second-order valence-corrected chi connectivity index (χ2v) is 10.3. The smallest absolute Gasteiger partial charge is 0.294 e. The van der Waals surface area contributed by atoms with Crippen LogP contribution in [0, 0.1) is 6.92 Å². The van der Waals surface area contributed by atoms with Crippen molar-refractivity contribution in [3.05, 3.63) is 93.2 Å². The number of aliphatic hydroxyl groups excluding tert-OH is 1. The van der Waals surface area contributed by atoms with Gasteiger partial charge in [0.2, 0.25) is 5.75 Å². The third-order valence-corrected chi connectivity index (χ3v) is 7.28. The van der Waals surface area contributed by atoms with Crippen LogP contribution >= 0.6 is 0 Å². The predicted octanol–water partition coefficient (Wildman–Crippen LogP) is 4.55.